The Kier molecular flexibility index (Phi) is 6.31. The van der Waals surface area contributed by atoms with E-state index in [1.807, 2.05) is 45.2 Å². The first kappa shape index (κ1) is 13.7. The van der Waals surface area contributed by atoms with Crippen molar-refractivity contribution in [1.82, 2.24) is 0 Å². The van der Waals surface area contributed by atoms with Crippen molar-refractivity contribution in [2.45, 2.75) is 4.90 Å². The number of hydrogen-bond acceptors (Lipinski definition) is 3. The molecule has 1 aromatic carbocycles. The SMILES string of the molecule is Oc1[c-]c(I)c(S)c(I)c1O.[U]. The first-order chi connectivity index (χ1) is 5.04. The summed E-state index contributed by atoms with van der Waals surface area (Å²) in [5, 5.41) is 18.2. The molecule has 2 nitrogen and oxygen atoms in total. The molecule has 64 valence electrons. The van der Waals surface area contributed by atoms with Crippen LogP contribution in [0.3, 0.4) is 0 Å². The van der Waals surface area contributed by atoms with E-state index in [1.165, 1.54) is 0 Å². The van der Waals surface area contributed by atoms with E-state index in [1.54, 1.807) is 0 Å². The fraction of sp³-hybridized carbons (Fsp3) is 0. The van der Waals surface area contributed by atoms with E-state index in [2.05, 4.69) is 18.7 Å². The Labute approximate surface area is 127 Å². The van der Waals surface area contributed by atoms with Crippen molar-refractivity contribution in [3.05, 3.63) is 13.2 Å². The third-order valence-corrected chi connectivity index (χ3v) is 4.24. The van der Waals surface area contributed by atoms with E-state index in [4.69, 9.17) is 5.11 Å². The Morgan fingerprint density at radius 2 is 1.75 bits per heavy atom. The van der Waals surface area contributed by atoms with Crippen LogP contribution in [0.5, 0.6) is 11.5 Å². The van der Waals surface area contributed by atoms with E-state index < -0.39 is 0 Å². The number of aromatic hydroxyl groups is 2. The molecule has 0 unspecified atom stereocenters. The van der Waals surface area contributed by atoms with Crippen LogP contribution in [0, 0.1) is 44.3 Å². The summed E-state index contributed by atoms with van der Waals surface area (Å²) in [6.45, 7) is 0. The second kappa shape index (κ2) is 5.54. The number of halogens is 2. The molecule has 0 aliphatic heterocycles. The third kappa shape index (κ3) is 2.84. The number of phenolic OH excluding ortho intramolecular Hbond substituents is 2. The van der Waals surface area contributed by atoms with Gasteiger partial charge in [-0.3, -0.25) is 0 Å². The summed E-state index contributed by atoms with van der Waals surface area (Å²) in [5.74, 6) is -0.382. The fourth-order valence-corrected chi connectivity index (χ4v) is 2.26. The molecule has 0 spiro atoms. The fourth-order valence-electron chi connectivity index (χ4n) is 0.535. The Balaban J connectivity index is 0.00000121. The quantitative estimate of drug-likeness (QED) is 0.179. The van der Waals surface area contributed by atoms with Crippen molar-refractivity contribution in [2.24, 2.45) is 0 Å². The zero-order valence-corrected chi connectivity index (χ0v) is 15.0. The van der Waals surface area contributed by atoms with Gasteiger partial charge in [-0.15, -0.1) is 6.07 Å². The third-order valence-electron chi connectivity index (χ3n) is 1.08. The number of rotatable bonds is 0. The molecule has 0 aliphatic carbocycles. The monoisotopic (exact) mass is 631 g/mol. The zero-order chi connectivity index (χ0) is 8.59. The predicted octanol–water partition coefficient (Wildman–Crippen LogP) is 2.40. The minimum Gasteiger partial charge on any atom is -0.561 e. The van der Waals surface area contributed by atoms with E-state index in [0.29, 0.717) is 12.0 Å². The molecular weight excluding hydrogens is 628 g/mol. The molecule has 0 aliphatic rings. The molecule has 0 aromatic heterocycles. The van der Waals surface area contributed by atoms with Gasteiger partial charge in [-0.25, -0.2) is 12.6 Å². The van der Waals surface area contributed by atoms with Crippen molar-refractivity contribution < 1.29 is 41.3 Å². The molecule has 0 amide bonds. The van der Waals surface area contributed by atoms with Gasteiger partial charge in [0.1, 0.15) is 0 Å². The van der Waals surface area contributed by atoms with Crippen LogP contribution >= 0.6 is 57.8 Å². The molecule has 2 N–H and O–H groups in total. The second-order valence-corrected chi connectivity index (χ2v) is 4.40. The summed E-state index contributed by atoms with van der Waals surface area (Å²) in [6.07, 6.45) is 0. The van der Waals surface area contributed by atoms with Gasteiger partial charge in [-0.05, 0) is 3.57 Å². The van der Waals surface area contributed by atoms with Crippen LogP contribution in [-0.2, 0) is 0 Å². The van der Waals surface area contributed by atoms with Crippen LogP contribution in [0.1, 0.15) is 0 Å². The number of benzene rings is 1. The molecule has 0 atom stereocenters. The average Bonchev–Trinajstić information content (AvgIpc) is 1.97. The van der Waals surface area contributed by atoms with Crippen LogP contribution in [0.4, 0.5) is 0 Å². The van der Waals surface area contributed by atoms with Crippen molar-refractivity contribution >= 4 is 57.8 Å². The Bertz CT molecular complexity index is 280. The topological polar surface area (TPSA) is 40.5 Å². The van der Waals surface area contributed by atoms with Crippen molar-refractivity contribution in [2.75, 3.05) is 0 Å². The molecule has 12 heavy (non-hydrogen) atoms. The van der Waals surface area contributed by atoms with Crippen LogP contribution in [0.2, 0.25) is 0 Å². The summed E-state index contributed by atoms with van der Waals surface area (Å²) in [7, 11) is 0. The molecule has 0 bridgehead atoms. The Morgan fingerprint density at radius 1 is 1.25 bits per heavy atom. The van der Waals surface area contributed by atoms with Gasteiger partial charge in [0.15, 0.2) is 0 Å². The van der Waals surface area contributed by atoms with Gasteiger partial charge in [0.25, 0.3) is 0 Å². The predicted molar refractivity (Wildman–Crippen MR) is 61.3 cm³/mol. The van der Waals surface area contributed by atoms with Gasteiger partial charge in [-0.1, -0.05) is 53.6 Å². The Hall–Kier alpha value is 1.68. The van der Waals surface area contributed by atoms with E-state index >= 15 is 0 Å². The Morgan fingerprint density at radius 3 is 2.25 bits per heavy atom. The van der Waals surface area contributed by atoms with E-state index in [9.17, 15) is 5.11 Å². The normalized spacial score (nSPS) is 9.25. The summed E-state index contributed by atoms with van der Waals surface area (Å²) in [5.41, 5.74) is 0. The average molecular weight is 631 g/mol. The molecule has 6 heteroatoms. The molecule has 0 saturated carbocycles. The van der Waals surface area contributed by atoms with Crippen molar-refractivity contribution in [1.29, 1.82) is 0 Å². The summed E-state index contributed by atoms with van der Waals surface area (Å²) in [4.78, 5) is 0.640. The van der Waals surface area contributed by atoms with Gasteiger partial charge in [-0.2, -0.15) is 0 Å². The molecule has 1 rings (SSSR count). The first-order valence-corrected chi connectivity index (χ1v) is 5.15. The minimum absolute atomic E-state index is 0. The number of thiol groups is 1. The smallest absolute Gasteiger partial charge is 0.0580 e. The van der Waals surface area contributed by atoms with Crippen LogP contribution in [0.25, 0.3) is 0 Å². The molecule has 1 aromatic rings. The summed E-state index contributed by atoms with van der Waals surface area (Å²) >= 11 is 8.00. The maximum atomic E-state index is 9.17. The molecule has 0 heterocycles. The van der Waals surface area contributed by atoms with Gasteiger partial charge < -0.3 is 10.2 Å². The maximum absolute atomic E-state index is 9.17. The zero-order valence-electron chi connectivity index (χ0n) is 5.60. The number of hydrogen-bond donors (Lipinski definition) is 3. The van der Waals surface area contributed by atoms with Gasteiger partial charge in [0.05, 0.1) is 5.75 Å². The first-order valence-electron chi connectivity index (χ1n) is 2.55. The summed E-state index contributed by atoms with van der Waals surface area (Å²) < 4.78 is 1.25. The molecule has 0 saturated heterocycles. The van der Waals surface area contributed by atoms with Crippen LogP contribution < -0.4 is 0 Å². The van der Waals surface area contributed by atoms with Crippen molar-refractivity contribution in [3.63, 3.8) is 0 Å². The van der Waals surface area contributed by atoms with Crippen LogP contribution in [-0.4, -0.2) is 10.2 Å². The van der Waals surface area contributed by atoms with E-state index in [0.717, 1.165) is 0 Å². The maximum Gasteiger partial charge on any atom is 0.0580 e. The van der Waals surface area contributed by atoms with Gasteiger partial charge in [0.2, 0.25) is 0 Å². The molecule has 0 radical (unpaired) electrons. The van der Waals surface area contributed by atoms with Crippen LogP contribution in [0.15, 0.2) is 4.90 Å². The molecular formula is C6H3I2O2SU-. The molecule has 0 fully saturated rings. The standard InChI is InChI=1S/C6H3I2O2S.U/c7-2-1-3(9)5(10)4(8)6(2)11;/h9-11H;/q-1;. The van der Waals surface area contributed by atoms with Gasteiger partial charge >= 0.3 is 0 Å². The van der Waals surface area contributed by atoms with Crippen molar-refractivity contribution in [3.8, 4) is 11.5 Å². The number of phenols is 2. The minimum atomic E-state index is -0.225. The summed E-state index contributed by atoms with van der Waals surface area (Å²) in [6, 6.07) is 2.56. The van der Waals surface area contributed by atoms with Gasteiger partial charge in [0, 0.05) is 36.9 Å². The second-order valence-electron chi connectivity index (χ2n) is 1.80. The van der Waals surface area contributed by atoms with E-state index in [-0.39, 0.29) is 42.6 Å². The largest absolute Gasteiger partial charge is 0.561 e.